The van der Waals surface area contributed by atoms with Gasteiger partial charge in [0.1, 0.15) is 5.60 Å². The molecule has 3 aromatic heterocycles. The monoisotopic (exact) mass is 709 g/mol. The molecule has 1 aliphatic heterocycles. The molecule has 14 heteroatoms. The second-order valence-electron chi connectivity index (χ2n) is 14.2. The minimum Gasteiger partial charge on any atom is -0.444 e. The Bertz CT molecular complexity index is 2130. The molecule has 5 aromatic rings. The second kappa shape index (κ2) is 14.9. The molecule has 1 saturated heterocycles. The SMILES string of the molecule is C=C(F)C(=O)Nc1ccc2c(-c3ccccc3CNc3nc(NC[C@H]4CCN(C(=O)OC(C)(C)C)C[C@@H]4O)nc4c(C(C)C)cnn34)nccc2c1. The summed E-state index contributed by atoms with van der Waals surface area (Å²) in [6.45, 7) is 14.1. The number of anilines is 3. The molecule has 2 amide bonds. The van der Waals surface area contributed by atoms with E-state index in [-0.39, 0.29) is 18.4 Å². The Balaban J connectivity index is 1.22. The van der Waals surface area contributed by atoms with Crippen LogP contribution in [-0.2, 0) is 16.1 Å². The molecular weight excluding hydrogens is 665 g/mol. The Morgan fingerprint density at radius 1 is 1.12 bits per heavy atom. The third-order valence-electron chi connectivity index (χ3n) is 8.89. The van der Waals surface area contributed by atoms with Gasteiger partial charge >= 0.3 is 6.09 Å². The first-order valence-electron chi connectivity index (χ1n) is 17.3. The quantitative estimate of drug-likeness (QED) is 0.118. The van der Waals surface area contributed by atoms with Crippen LogP contribution in [0.25, 0.3) is 27.7 Å². The first-order chi connectivity index (χ1) is 24.8. The van der Waals surface area contributed by atoms with Crippen LogP contribution in [0.1, 0.15) is 58.1 Å². The summed E-state index contributed by atoms with van der Waals surface area (Å²) in [5.74, 6) is -1.04. The van der Waals surface area contributed by atoms with Crippen LogP contribution in [0.2, 0.25) is 0 Å². The molecule has 0 radical (unpaired) electrons. The van der Waals surface area contributed by atoms with E-state index in [1.807, 2.05) is 57.2 Å². The summed E-state index contributed by atoms with van der Waals surface area (Å²) >= 11 is 0. The predicted octanol–water partition coefficient (Wildman–Crippen LogP) is 6.53. The number of piperidine rings is 1. The van der Waals surface area contributed by atoms with Gasteiger partial charge in [-0.05, 0) is 62.3 Å². The van der Waals surface area contributed by atoms with Gasteiger partial charge in [-0.1, -0.05) is 50.8 Å². The van der Waals surface area contributed by atoms with E-state index in [9.17, 15) is 19.1 Å². The van der Waals surface area contributed by atoms with Crippen LogP contribution >= 0.6 is 0 Å². The molecular formula is C38H44FN9O4. The van der Waals surface area contributed by atoms with Crippen LogP contribution in [-0.4, -0.2) is 77.9 Å². The van der Waals surface area contributed by atoms with Gasteiger partial charge in [0.05, 0.1) is 24.5 Å². The molecule has 2 aromatic carbocycles. The average Bonchev–Trinajstić information content (AvgIpc) is 3.54. The van der Waals surface area contributed by atoms with Gasteiger partial charge in [0, 0.05) is 53.9 Å². The Labute approximate surface area is 301 Å². The Morgan fingerprint density at radius 3 is 2.63 bits per heavy atom. The number of aromatic nitrogens is 5. The summed E-state index contributed by atoms with van der Waals surface area (Å²) in [6, 6.07) is 15.1. The standard InChI is InChI=1S/C38H44FN9O4/c1-22(2)30-20-43-48-33(30)45-35(41-19-26-14-16-47(21-31(26)49)37(51)52-38(4,5)6)46-36(48)42-18-25-9-7-8-10-28(25)32-29-12-11-27(44-34(50)23(3)39)17-24(29)13-15-40-32/h7-13,15,17,20,22,26,31,49H,3,14,16,18-19,21H2,1-2,4-6H3,(H,44,50)(H2,41,42,45,46)/t26-,31+/m1/s1. The molecule has 0 spiro atoms. The zero-order valence-electron chi connectivity index (χ0n) is 30.0. The summed E-state index contributed by atoms with van der Waals surface area (Å²) in [5.41, 5.74) is 4.06. The molecule has 1 fully saturated rings. The summed E-state index contributed by atoms with van der Waals surface area (Å²) < 4.78 is 20.5. The number of nitrogens with zero attached hydrogens (tertiary/aromatic N) is 6. The molecule has 52 heavy (non-hydrogen) atoms. The van der Waals surface area contributed by atoms with Crippen molar-refractivity contribution in [3.63, 3.8) is 0 Å². The number of likely N-dealkylation sites (tertiary alicyclic amines) is 1. The maximum absolute atomic E-state index is 13.3. The van der Waals surface area contributed by atoms with Crippen molar-refractivity contribution in [1.29, 1.82) is 0 Å². The van der Waals surface area contributed by atoms with Crippen molar-refractivity contribution < 1.29 is 23.8 Å². The van der Waals surface area contributed by atoms with Crippen LogP contribution in [0.5, 0.6) is 0 Å². The minimum absolute atomic E-state index is 0.125. The first kappa shape index (κ1) is 36.2. The topological polar surface area (TPSA) is 159 Å². The second-order valence-corrected chi connectivity index (χ2v) is 14.2. The van der Waals surface area contributed by atoms with Gasteiger partial charge in [0.25, 0.3) is 5.91 Å². The number of ether oxygens (including phenoxy) is 1. The molecule has 6 rings (SSSR count). The third kappa shape index (κ3) is 8.12. The minimum atomic E-state index is -1.06. The van der Waals surface area contributed by atoms with Crippen molar-refractivity contribution in [2.24, 2.45) is 5.92 Å². The smallest absolute Gasteiger partial charge is 0.410 e. The normalized spacial score (nSPS) is 16.3. The summed E-state index contributed by atoms with van der Waals surface area (Å²) in [5, 5.41) is 26.5. The van der Waals surface area contributed by atoms with Crippen molar-refractivity contribution in [3.8, 4) is 11.3 Å². The van der Waals surface area contributed by atoms with Crippen LogP contribution in [0.15, 0.2) is 73.3 Å². The lowest BCUT2D eigenvalue weighted by Crippen LogP contribution is -2.49. The van der Waals surface area contributed by atoms with Crippen molar-refractivity contribution in [3.05, 3.63) is 84.5 Å². The number of fused-ring (bicyclic) bond motifs is 2. The van der Waals surface area contributed by atoms with Gasteiger partial charge in [-0.3, -0.25) is 9.78 Å². The highest BCUT2D eigenvalue weighted by Crippen LogP contribution is 2.32. The molecule has 0 aliphatic carbocycles. The van der Waals surface area contributed by atoms with Gasteiger partial charge in [-0.25, -0.2) is 9.18 Å². The van der Waals surface area contributed by atoms with Gasteiger partial charge in [0.15, 0.2) is 11.5 Å². The summed E-state index contributed by atoms with van der Waals surface area (Å²) in [4.78, 5) is 40.3. The highest BCUT2D eigenvalue weighted by molar-refractivity contribution is 6.04. The van der Waals surface area contributed by atoms with E-state index in [0.29, 0.717) is 49.3 Å². The fraction of sp³-hybridized carbons (Fsp3) is 0.368. The van der Waals surface area contributed by atoms with Crippen LogP contribution in [0.4, 0.5) is 26.8 Å². The number of halogens is 1. The number of rotatable bonds is 10. The largest absolute Gasteiger partial charge is 0.444 e. The van der Waals surface area contributed by atoms with E-state index in [2.05, 4.69) is 41.5 Å². The molecule has 2 atom stereocenters. The zero-order valence-corrected chi connectivity index (χ0v) is 30.0. The van der Waals surface area contributed by atoms with Gasteiger partial charge in [-0.2, -0.15) is 19.6 Å². The number of pyridine rings is 1. The number of hydrogen-bond acceptors (Lipinski definition) is 10. The van der Waals surface area contributed by atoms with Crippen molar-refractivity contribution >= 4 is 46.0 Å². The van der Waals surface area contributed by atoms with E-state index < -0.39 is 29.5 Å². The van der Waals surface area contributed by atoms with Gasteiger partial charge in [0.2, 0.25) is 11.9 Å². The fourth-order valence-corrected chi connectivity index (χ4v) is 6.18. The van der Waals surface area contributed by atoms with E-state index in [1.165, 1.54) is 0 Å². The molecule has 0 bridgehead atoms. The number of aliphatic hydroxyl groups excluding tert-OH is 1. The lowest BCUT2D eigenvalue weighted by molar-refractivity contribution is -0.114. The molecule has 13 nitrogen and oxygen atoms in total. The first-order valence-corrected chi connectivity index (χ1v) is 17.3. The number of carbonyl (C=O) groups excluding carboxylic acids is 2. The number of amides is 2. The molecule has 272 valence electrons. The van der Waals surface area contributed by atoms with E-state index >= 15 is 0 Å². The number of aliphatic hydroxyl groups is 1. The van der Waals surface area contributed by atoms with Crippen LogP contribution in [0, 0.1) is 5.92 Å². The average molecular weight is 710 g/mol. The summed E-state index contributed by atoms with van der Waals surface area (Å²) in [6.07, 6.45) is 2.92. The maximum atomic E-state index is 13.3. The van der Waals surface area contributed by atoms with Crippen LogP contribution < -0.4 is 16.0 Å². The predicted molar refractivity (Wildman–Crippen MR) is 199 cm³/mol. The number of benzene rings is 2. The van der Waals surface area contributed by atoms with Gasteiger partial charge < -0.3 is 30.7 Å². The lowest BCUT2D eigenvalue weighted by Gasteiger charge is -2.36. The molecule has 4 heterocycles. The van der Waals surface area contributed by atoms with E-state index in [0.717, 1.165) is 33.2 Å². The number of β-amino-alcohol motifs (C(OH)–C–C–N with tert-alkyl or cyclic N) is 1. The Hall–Kier alpha value is -5.63. The maximum Gasteiger partial charge on any atom is 0.410 e. The molecule has 0 unspecified atom stereocenters. The van der Waals surface area contributed by atoms with Gasteiger partial charge in [-0.15, -0.1) is 0 Å². The molecule has 4 N–H and O–H groups in total. The Kier molecular flexibility index (Phi) is 10.4. The number of carbonyl (C=O) groups is 2. The lowest BCUT2D eigenvalue weighted by atomic mass is 9.94. The highest BCUT2D eigenvalue weighted by atomic mass is 19.1. The van der Waals surface area contributed by atoms with E-state index in [4.69, 9.17) is 19.7 Å². The Morgan fingerprint density at radius 2 is 1.90 bits per heavy atom. The molecule has 1 aliphatic rings. The highest BCUT2D eigenvalue weighted by Gasteiger charge is 2.32. The zero-order chi connectivity index (χ0) is 37.2. The van der Waals surface area contributed by atoms with E-state index in [1.54, 1.807) is 33.9 Å². The van der Waals surface area contributed by atoms with Crippen LogP contribution in [0.3, 0.4) is 0 Å². The summed E-state index contributed by atoms with van der Waals surface area (Å²) in [7, 11) is 0. The number of nitrogens with one attached hydrogen (secondary N) is 3. The van der Waals surface area contributed by atoms with Crippen molar-refractivity contribution in [2.75, 3.05) is 35.6 Å². The third-order valence-corrected chi connectivity index (χ3v) is 8.89. The van der Waals surface area contributed by atoms with Crippen molar-refractivity contribution in [2.45, 2.75) is 65.2 Å². The number of hydrogen-bond donors (Lipinski definition) is 4. The van der Waals surface area contributed by atoms with Crippen molar-refractivity contribution in [1.82, 2.24) is 29.5 Å². The fourth-order valence-electron chi connectivity index (χ4n) is 6.18. The molecule has 0 saturated carbocycles.